The molecule has 0 spiro atoms. The van der Waals surface area contributed by atoms with Crippen molar-refractivity contribution in [2.24, 2.45) is 0 Å². The van der Waals surface area contributed by atoms with Gasteiger partial charge in [0.15, 0.2) is 0 Å². The van der Waals surface area contributed by atoms with Crippen LogP contribution in [0.25, 0.3) is 0 Å². The van der Waals surface area contributed by atoms with E-state index in [1.54, 1.807) is 11.8 Å². The van der Waals surface area contributed by atoms with Crippen LogP contribution in [0.1, 0.15) is 5.89 Å². The molecule has 0 saturated heterocycles. The predicted octanol–water partition coefficient (Wildman–Crippen LogP) is 3.02. The summed E-state index contributed by atoms with van der Waals surface area (Å²) in [6.07, 6.45) is 0. The van der Waals surface area contributed by atoms with E-state index in [0.29, 0.717) is 16.5 Å². The highest BCUT2D eigenvalue weighted by molar-refractivity contribution is 7.98. The third kappa shape index (κ3) is 2.46. The second kappa shape index (κ2) is 4.43. The zero-order valence-electron chi connectivity index (χ0n) is 7.27. The molecule has 0 aliphatic carbocycles. The van der Waals surface area contributed by atoms with Gasteiger partial charge in [0, 0.05) is 4.90 Å². The Morgan fingerprint density at radius 3 is 2.79 bits per heavy atom. The summed E-state index contributed by atoms with van der Waals surface area (Å²) in [6, 6.07) is 10.1. The van der Waals surface area contributed by atoms with Crippen molar-refractivity contribution in [1.82, 2.24) is 10.2 Å². The van der Waals surface area contributed by atoms with Crippen LogP contribution in [0.2, 0.25) is 0 Å². The lowest BCUT2D eigenvalue weighted by molar-refractivity contribution is 0.500. The molecule has 0 radical (unpaired) electrons. The Morgan fingerprint density at radius 2 is 2.14 bits per heavy atom. The van der Waals surface area contributed by atoms with E-state index in [1.165, 1.54) is 4.90 Å². The van der Waals surface area contributed by atoms with Gasteiger partial charge >= 0.3 is 0 Å². The number of aromatic amines is 1. The highest BCUT2D eigenvalue weighted by atomic mass is 32.2. The van der Waals surface area contributed by atoms with E-state index in [2.05, 4.69) is 10.2 Å². The van der Waals surface area contributed by atoms with Gasteiger partial charge in [-0.3, -0.25) is 0 Å². The summed E-state index contributed by atoms with van der Waals surface area (Å²) >= 11 is 6.43. The predicted molar refractivity (Wildman–Crippen MR) is 57.7 cm³/mol. The number of rotatable bonds is 3. The minimum absolute atomic E-state index is 0.327. The molecule has 1 aromatic carbocycles. The van der Waals surface area contributed by atoms with Crippen LogP contribution in [0.3, 0.4) is 0 Å². The van der Waals surface area contributed by atoms with E-state index < -0.39 is 0 Å². The minimum atomic E-state index is 0.327. The maximum absolute atomic E-state index is 5.13. The molecule has 2 rings (SSSR count). The number of aromatic nitrogens is 2. The molecule has 3 nitrogen and oxygen atoms in total. The summed E-state index contributed by atoms with van der Waals surface area (Å²) in [7, 11) is 0. The zero-order valence-corrected chi connectivity index (χ0v) is 8.90. The summed E-state index contributed by atoms with van der Waals surface area (Å²) in [6.45, 7) is 0. The molecule has 0 aliphatic rings. The van der Waals surface area contributed by atoms with Gasteiger partial charge in [0.25, 0.3) is 4.84 Å². The smallest absolute Gasteiger partial charge is 0.284 e. The van der Waals surface area contributed by atoms with Crippen LogP contribution in [0.4, 0.5) is 0 Å². The monoisotopic (exact) mass is 224 g/mol. The van der Waals surface area contributed by atoms with Gasteiger partial charge in [0.1, 0.15) is 0 Å². The van der Waals surface area contributed by atoms with Gasteiger partial charge in [-0.15, -0.1) is 16.9 Å². The van der Waals surface area contributed by atoms with Crippen molar-refractivity contribution < 1.29 is 4.42 Å². The van der Waals surface area contributed by atoms with Gasteiger partial charge in [0.2, 0.25) is 5.89 Å². The fourth-order valence-electron chi connectivity index (χ4n) is 0.984. The Hall–Kier alpha value is -1.07. The lowest BCUT2D eigenvalue weighted by atomic mass is 10.4. The van der Waals surface area contributed by atoms with E-state index in [9.17, 15) is 0 Å². The van der Waals surface area contributed by atoms with E-state index in [1.807, 2.05) is 30.3 Å². The Kier molecular flexibility index (Phi) is 3.00. The molecular formula is C9H8N2OS2. The largest absolute Gasteiger partial charge is 0.413 e. The maximum atomic E-state index is 5.13. The van der Waals surface area contributed by atoms with E-state index >= 15 is 0 Å². The lowest BCUT2D eigenvalue weighted by Crippen LogP contribution is -1.79. The summed E-state index contributed by atoms with van der Waals surface area (Å²) < 4.78 is 5.13. The third-order valence-corrected chi connectivity index (χ3v) is 2.76. The molecule has 1 aromatic heterocycles. The first-order valence-electron chi connectivity index (χ1n) is 4.07. The van der Waals surface area contributed by atoms with Crippen LogP contribution in [0.15, 0.2) is 39.6 Å². The topological polar surface area (TPSA) is 41.8 Å². The molecule has 1 heterocycles. The molecule has 0 bridgehead atoms. The molecule has 0 aliphatic heterocycles. The average Bonchev–Trinajstić information content (AvgIpc) is 2.63. The second-order valence-corrected chi connectivity index (χ2v) is 4.03. The molecule has 0 saturated carbocycles. The van der Waals surface area contributed by atoms with Crippen LogP contribution in [-0.2, 0) is 5.75 Å². The van der Waals surface area contributed by atoms with Crippen LogP contribution < -0.4 is 0 Å². The Bertz CT molecular complexity index is 449. The van der Waals surface area contributed by atoms with Gasteiger partial charge in [0.05, 0.1) is 5.75 Å². The van der Waals surface area contributed by atoms with Crippen LogP contribution in [0.5, 0.6) is 0 Å². The van der Waals surface area contributed by atoms with E-state index in [4.69, 9.17) is 16.6 Å². The highest BCUT2D eigenvalue weighted by Crippen LogP contribution is 2.20. The van der Waals surface area contributed by atoms with Gasteiger partial charge in [-0.05, 0) is 24.4 Å². The van der Waals surface area contributed by atoms with Crippen LogP contribution in [-0.4, -0.2) is 10.2 Å². The molecule has 0 amide bonds. The maximum Gasteiger partial charge on any atom is 0.284 e. The van der Waals surface area contributed by atoms with Gasteiger partial charge < -0.3 is 4.42 Å². The first-order chi connectivity index (χ1) is 6.84. The number of thioether (sulfide) groups is 1. The molecule has 72 valence electrons. The SMILES string of the molecule is S=c1[nH]nc(CSc2ccccc2)o1. The number of H-pyrrole nitrogens is 1. The fraction of sp³-hybridized carbons (Fsp3) is 0.111. The van der Waals surface area contributed by atoms with Gasteiger partial charge in [-0.2, -0.15) is 0 Å². The Labute approximate surface area is 90.5 Å². The lowest BCUT2D eigenvalue weighted by Gasteiger charge is -1.96. The number of hydrogen-bond donors (Lipinski definition) is 1. The van der Waals surface area contributed by atoms with Crippen molar-refractivity contribution in [2.45, 2.75) is 10.6 Å². The van der Waals surface area contributed by atoms with Crippen molar-refractivity contribution in [3.05, 3.63) is 41.1 Å². The number of nitrogens with one attached hydrogen (secondary N) is 1. The molecular weight excluding hydrogens is 216 g/mol. The molecule has 0 fully saturated rings. The van der Waals surface area contributed by atoms with Crippen LogP contribution >= 0.6 is 24.0 Å². The highest BCUT2D eigenvalue weighted by Gasteiger charge is 2.00. The Balaban J connectivity index is 1.98. The van der Waals surface area contributed by atoms with Crippen molar-refractivity contribution in [3.63, 3.8) is 0 Å². The van der Waals surface area contributed by atoms with Crippen molar-refractivity contribution >= 4 is 24.0 Å². The summed E-state index contributed by atoms with van der Waals surface area (Å²) in [5.74, 6) is 1.32. The standard InChI is InChI=1S/C9H8N2OS2/c13-9-11-10-8(12-9)6-14-7-4-2-1-3-5-7/h1-5H,6H2,(H,11,13). The van der Waals surface area contributed by atoms with Crippen molar-refractivity contribution in [2.75, 3.05) is 0 Å². The van der Waals surface area contributed by atoms with Crippen molar-refractivity contribution in [3.8, 4) is 0 Å². The normalized spacial score (nSPS) is 10.3. The third-order valence-electron chi connectivity index (χ3n) is 1.59. The summed E-state index contributed by atoms with van der Waals surface area (Å²) in [5.41, 5.74) is 0. The minimum Gasteiger partial charge on any atom is -0.413 e. The second-order valence-electron chi connectivity index (χ2n) is 2.61. The molecule has 5 heteroatoms. The Morgan fingerprint density at radius 1 is 1.36 bits per heavy atom. The molecule has 0 unspecified atom stereocenters. The molecule has 0 atom stereocenters. The molecule has 14 heavy (non-hydrogen) atoms. The average molecular weight is 224 g/mol. The quantitative estimate of drug-likeness (QED) is 0.642. The van der Waals surface area contributed by atoms with E-state index in [-0.39, 0.29) is 0 Å². The summed E-state index contributed by atoms with van der Waals surface area (Å²) in [4.78, 5) is 1.52. The summed E-state index contributed by atoms with van der Waals surface area (Å²) in [5, 5.41) is 6.50. The van der Waals surface area contributed by atoms with Gasteiger partial charge in [-0.1, -0.05) is 18.2 Å². The molecule has 2 aromatic rings. The first-order valence-corrected chi connectivity index (χ1v) is 5.46. The van der Waals surface area contributed by atoms with Gasteiger partial charge in [-0.25, -0.2) is 5.10 Å². The first kappa shape index (κ1) is 9.48. The zero-order chi connectivity index (χ0) is 9.80. The number of hydrogen-bond acceptors (Lipinski definition) is 4. The van der Waals surface area contributed by atoms with Crippen molar-refractivity contribution in [1.29, 1.82) is 0 Å². The number of benzene rings is 1. The fourth-order valence-corrected chi connectivity index (χ4v) is 1.89. The van der Waals surface area contributed by atoms with Crippen LogP contribution in [0, 0.1) is 4.84 Å². The number of nitrogens with zero attached hydrogens (tertiary/aromatic N) is 1. The van der Waals surface area contributed by atoms with E-state index in [0.717, 1.165) is 0 Å². The molecule has 1 N–H and O–H groups in total.